The van der Waals surface area contributed by atoms with Crippen LogP contribution >= 0.6 is 0 Å². The quantitative estimate of drug-likeness (QED) is 0.179. The highest BCUT2D eigenvalue weighted by Crippen LogP contribution is 2.46. The molecular weight excluding hydrogens is 450 g/mol. The first-order chi connectivity index (χ1) is 17.6. The predicted octanol–water partition coefficient (Wildman–Crippen LogP) is 5.14. The SMILES string of the molecule is CCN1C(=O)C(=O)/C(=C2/C=C(c3ccccc3)N(c3ccccc3)c3nc4ccccc4cc32)C1=O. The highest BCUT2D eigenvalue weighted by Gasteiger charge is 2.44. The van der Waals surface area contributed by atoms with Crippen molar-refractivity contribution >= 4 is 51.3 Å². The number of aromatic nitrogens is 1. The summed E-state index contributed by atoms with van der Waals surface area (Å²) in [6.07, 6.45) is 1.83. The summed E-state index contributed by atoms with van der Waals surface area (Å²) in [6, 6.07) is 29.2. The summed E-state index contributed by atoms with van der Waals surface area (Å²) in [6.45, 7) is 1.82. The Morgan fingerprint density at radius 1 is 0.778 bits per heavy atom. The number of likely N-dealkylation sites (N-methyl/N-ethyl adjacent to an activating group) is 1. The first kappa shape index (κ1) is 21.7. The van der Waals surface area contributed by atoms with E-state index in [9.17, 15) is 14.4 Å². The highest BCUT2D eigenvalue weighted by molar-refractivity contribution is 6.58. The largest absolute Gasteiger partial charge is 0.302 e. The van der Waals surface area contributed by atoms with Gasteiger partial charge in [0.2, 0.25) is 0 Å². The van der Waals surface area contributed by atoms with Crippen LogP contribution in [-0.4, -0.2) is 34.0 Å². The summed E-state index contributed by atoms with van der Waals surface area (Å²) in [5.41, 5.74) is 4.23. The molecule has 0 saturated carbocycles. The lowest BCUT2D eigenvalue weighted by Crippen LogP contribution is -2.30. The zero-order valence-electron chi connectivity index (χ0n) is 19.5. The molecule has 3 heterocycles. The second kappa shape index (κ2) is 8.43. The van der Waals surface area contributed by atoms with Crippen molar-refractivity contribution < 1.29 is 14.4 Å². The van der Waals surface area contributed by atoms with Crippen LogP contribution in [0.15, 0.2) is 103 Å². The number of anilines is 2. The van der Waals surface area contributed by atoms with Gasteiger partial charge >= 0.3 is 5.91 Å². The lowest BCUT2D eigenvalue weighted by Gasteiger charge is -2.33. The number of hydrogen-bond acceptors (Lipinski definition) is 5. The molecule has 2 aliphatic heterocycles. The smallest absolute Gasteiger partial charge is 0.294 e. The van der Waals surface area contributed by atoms with E-state index in [1.807, 2.05) is 102 Å². The number of pyridine rings is 1. The number of carbonyl (C=O) groups excluding carboxylic acids is 3. The van der Waals surface area contributed by atoms with Gasteiger partial charge in [-0.2, -0.15) is 0 Å². The number of ketones is 1. The molecule has 2 amide bonds. The van der Waals surface area contributed by atoms with Crippen LogP contribution in [0.3, 0.4) is 0 Å². The molecule has 0 N–H and O–H groups in total. The molecule has 4 aromatic rings. The molecule has 1 saturated heterocycles. The average molecular weight is 472 g/mol. The number of carbonyl (C=O) groups is 3. The van der Waals surface area contributed by atoms with Crippen molar-refractivity contribution in [2.45, 2.75) is 6.92 Å². The topological polar surface area (TPSA) is 70.6 Å². The van der Waals surface area contributed by atoms with Crippen LogP contribution in [-0.2, 0) is 14.4 Å². The average Bonchev–Trinajstić information content (AvgIpc) is 3.14. The Hall–Kier alpha value is -4.84. The van der Waals surface area contributed by atoms with E-state index in [1.165, 1.54) is 0 Å². The van der Waals surface area contributed by atoms with Crippen molar-refractivity contribution in [1.82, 2.24) is 9.88 Å². The van der Waals surface area contributed by atoms with E-state index < -0.39 is 17.6 Å². The van der Waals surface area contributed by atoms with Gasteiger partial charge in [-0.15, -0.1) is 0 Å². The second-order valence-electron chi connectivity index (χ2n) is 8.59. The van der Waals surface area contributed by atoms with E-state index in [2.05, 4.69) is 0 Å². The molecule has 0 unspecified atom stereocenters. The van der Waals surface area contributed by atoms with Gasteiger partial charge in [0.05, 0.1) is 11.2 Å². The number of amides is 2. The first-order valence-corrected chi connectivity index (χ1v) is 11.8. The Labute approximate surface area is 207 Å². The van der Waals surface area contributed by atoms with Crippen molar-refractivity contribution in [3.63, 3.8) is 0 Å². The monoisotopic (exact) mass is 471 g/mol. The zero-order chi connectivity index (χ0) is 24.8. The van der Waals surface area contributed by atoms with Gasteiger partial charge in [-0.25, -0.2) is 4.98 Å². The van der Waals surface area contributed by atoms with E-state index >= 15 is 0 Å². The fraction of sp³-hybridized carbons (Fsp3) is 0.0667. The number of imide groups is 1. The normalized spacial score (nSPS) is 17.6. The summed E-state index contributed by atoms with van der Waals surface area (Å²) in [5.74, 6) is -1.56. The van der Waals surface area contributed by atoms with Crippen molar-refractivity contribution in [2.24, 2.45) is 0 Å². The van der Waals surface area contributed by atoms with Gasteiger partial charge in [0.1, 0.15) is 11.4 Å². The van der Waals surface area contributed by atoms with Gasteiger partial charge in [0.25, 0.3) is 11.7 Å². The summed E-state index contributed by atoms with van der Waals surface area (Å²) in [5, 5.41) is 0.871. The molecule has 3 aromatic carbocycles. The van der Waals surface area contributed by atoms with Crippen LogP contribution in [0.25, 0.3) is 22.2 Å². The molecule has 6 heteroatoms. The molecule has 6 nitrogen and oxygen atoms in total. The minimum atomic E-state index is -0.791. The Bertz CT molecular complexity index is 1620. The molecular formula is C30H21N3O3. The summed E-state index contributed by atoms with van der Waals surface area (Å²) in [7, 11) is 0. The second-order valence-corrected chi connectivity index (χ2v) is 8.59. The number of para-hydroxylation sites is 2. The molecule has 0 atom stereocenters. The molecule has 1 fully saturated rings. The molecule has 0 aliphatic carbocycles. The third-order valence-electron chi connectivity index (χ3n) is 6.52. The summed E-state index contributed by atoms with van der Waals surface area (Å²) in [4.78, 5) is 47.1. The van der Waals surface area contributed by atoms with Crippen LogP contribution in [0.4, 0.5) is 11.5 Å². The van der Waals surface area contributed by atoms with Crippen LogP contribution in [0, 0.1) is 0 Å². The summed E-state index contributed by atoms with van der Waals surface area (Å²) >= 11 is 0. The number of benzene rings is 3. The van der Waals surface area contributed by atoms with Crippen molar-refractivity contribution in [3.8, 4) is 0 Å². The lowest BCUT2D eigenvalue weighted by molar-refractivity contribution is -0.142. The number of hydrogen-bond donors (Lipinski definition) is 0. The van der Waals surface area contributed by atoms with E-state index in [-0.39, 0.29) is 12.1 Å². The predicted molar refractivity (Wildman–Crippen MR) is 139 cm³/mol. The van der Waals surface area contributed by atoms with Crippen LogP contribution in [0.5, 0.6) is 0 Å². The minimum absolute atomic E-state index is 0.110. The maximum Gasteiger partial charge on any atom is 0.302 e. The van der Waals surface area contributed by atoms with E-state index in [1.54, 1.807) is 6.92 Å². The van der Waals surface area contributed by atoms with Crippen molar-refractivity contribution in [2.75, 3.05) is 11.4 Å². The van der Waals surface area contributed by atoms with Gasteiger partial charge in [-0.1, -0.05) is 66.7 Å². The van der Waals surface area contributed by atoms with Gasteiger partial charge in [-0.3, -0.25) is 24.2 Å². The third kappa shape index (κ3) is 3.26. The van der Waals surface area contributed by atoms with E-state index in [0.717, 1.165) is 32.8 Å². The standard InChI is InChI=1S/C30H21N3O3/c1-2-32-29(35)26(27(34)30(32)36)22-18-25(19-11-5-3-6-12-19)33(21-14-7-4-8-15-21)28-23(22)17-20-13-9-10-16-24(20)31-28/h3-18H,2H2,1H3/b26-22+. The number of Topliss-reactive ketones (excluding diaryl/α,β-unsaturated/α-hetero) is 1. The number of rotatable bonds is 3. The van der Waals surface area contributed by atoms with E-state index in [4.69, 9.17) is 4.98 Å². The third-order valence-corrected chi connectivity index (χ3v) is 6.52. The fourth-order valence-electron chi connectivity index (χ4n) is 4.81. The Kier molecular flexibility index (Phi) is 5.08. The Morgan fingerprint density at radius 3 is 2.14 bits per heavy atom. The Morgan fingerprint density at radius 2 is 1.44 bits per heavy atom. The van der Waals surface area contributed by atoms with Crippen LogP contribution in [0.2, 0.25) is 0 Å². The Balaban J connectivity index is 1.73. The minimum Gasteiger partial charge on any atom is -0.294 e. The molecule has 36 heavy (non-hydrogen) atoms. The highest BCUT2D eigenvalue weighted by atomic mass is 16.2. The maximum atomic E-state index is 13.3. The fourth-order valence-corrected chi connectivity index (χ4v) is 4.81. The van der Waals surface area contributed by atoms with Crippen LogP contribution < -0.4 is 4.90 Å². The molecule has 2 aliphatic rings. The molecule has 174 valence electrons. The van der Waals surface area contributed by atoms with Gasteiger partial charge in [0.15, 0.2) is 0 Å². The molecule has 0 radical (unpaired) electrons. The zero-order valence-corrected chi connectivity index (χ0v) is 19.5. The number of nitrogens with zero attached hydrogens (tertiary/aromatic N) is 3. The number of likely N-dealkylation sites (tertiary alicyclic amines) is 1. The molecule has 0 spiro atoms. The van der Waals surface area contributed by atoms with Gasteiger partial charge < -0.3 is 0 Å². The van der Waals surface area contributed by atoms with E-state index in [0.29, 0.717) is 17.0 Å². The molecule has 0 bridgehead atoms. The van der Waals surface area contributed by atoms with Crippen LogP contribution in [0.1, 0.15) is 18.1 Å². The van der Waals surface area contributed by atoms with Gasteiger partial charge in [0, 0.05) is 28.8 Å². The first-order valence-electron chi connectivity index (χ1n) is 11.8. The molecule has 6 rings (SSSR count). The molecule has 1 aromatic heterocycles. The van der Waals surface area contributed by atoms with Crippen molar-refractivity contribution in [1.29, 1.82) is 0 Å². The number of allylic oxidation sites excluding steroid dienone is 2. The summed E-state index contributed by atoms with van der Waals surface area (Å²) < 4.78 is 0. The maximum absolute atomic E-state index is 13.3. The van der Waals surface area contributed by atoms with Crippen molar-refractivity contribution in [3.05, 3.63) is 114 Å². The van der Waals surface area contributed by atoms with Gasteiger partial charge in [-0.05, 0) is 42.8 Å². The lowest BCUT2D eigenvalue weighted by atomic mass is 9.91. The number of fused-ring (bicyclic) bond motifs is 2.